The van der Waals surface area contributed by atoms with Crippen molar-refractivity contribution < 1.29 is 14.3 Å². The van der Waals surface area contributed by atoms with Crippen molar-refractivity contribution in [1.29, 1.82) is 0 Å². The average molecular weight is 404 g/mol. The van der Waals surface area contributed by atoms with Crippen LogP contribution < -0.4 is 15.7 Å². The summed E-state index contributed by atoms with van der Waals surface area (Å²) in [4.78, 5) is 12.1. The van der Waals surface area contributed by atoms with Gasteiger partial charge in [-0.3, -0.25) is 0 Å². The molecule has 1 unspecified atom stereocenters. The summed E-state index contributed by atoms with van der Waals surface area (Å²) in [5.74, 6) is 0.140. The van der Waals surface area contributed by atoms with Gasteiger partial charge in [-0.2, -0.15) is 0 Å². The number of ether oxygens (including phenoxy) is 1. The molecule has 1 heterocycles. The number of hydrogen-bond donors (Lipinski definition) is 2. The predicted molar refractivity (Wildman–Crippen MR) is 101 cm³/mol. The van der Waals surface area contributed by atoms with E-state index in [9.17, 15) is 9.90 Å². The van der Waals surface area contributed by atoms with E-state index in [-0.39, 0.29) is 12.4 Å². The summed E-state index contributed by atoms with van der Waals surface area (Å²) in [5.41, 5.74) is 1.59. The molecule has 3 aromatic rings. The van der Waals surface area contributed by atoms with E-state index in [0.717, 1.165) is 15.5 Å². The zero-order valence-corrected chi connectivity index (χ0v) is 15.2. The first-order valence-corrected chi connectivity index (χ1v) is 8.66. The second kappa shape index (κ2) is 7.72. The van der Waals surface area contributed by atoms with E-state index < -0.39 is 11.7 Å². The van der Waals surface area contributed by atoms with Crippen molar-refractivity contribution in [2.45, 2.75) is 13.0 Å². The number of para-hydroxylation sites is 1. The van der Waals surface area contributed by atoms with Crippen molar-refractivity contribution in [3.63, 3.8) is 0 Å². The molecule has 0 saturated carbocycles. The lowest BCUT2D eigenvalue weighted by atomic mass is 10.1. The Labute approximate surface area is 153 Å². The van der Waals surface area contributed by atoms with Crippen LogP contribution in [0.5, 0.6) is 5.75 Å². The van der Waals surface area contributed by atoms with Crippen molar-refractivity contribution in [3.8, 4) is 5.75 Å². The van der Waals surface area contributed by atoms with Crippen LogP contribution in [0.15, 0.2) is 62.2 Å². The van der Waals surface area contributed by atoms with Gasteiger partial charge in [0, 0.05) is 27.7 Å². The Balaban J connectivity index is 1.64. The zero-order valence-electron chi connectivity index (χ0n) is 13.7. The highest BCUT2D eigenvalue weighted by Crippen LogP contribution is 2.23. The molecule has 25 heavy (non-hydrogen) atoms. The van der Waals surface area contributed by atoms with Crippen molar-refractivity contribution in [2.75, 3.05) is 18.5 Å². The van der Waals surface area contributed by atoms with Gasteiger partial charge in [0.2, 0.25) is 5.75 Å². The molecule has 0 amide bonds. The molecule has 3 rings (SSSR count). The monoisotopic (exact) mass is 403 g/mol. The highest BCUT2D eigenvalue weighted by atomic mass is 79.9. The Hall–Kier alpha value is -2.31. The first-order valence-electron chi connectivity index (χ1n) is 7.87. The number of halogens is 1. The van der Waals surface area contributed by atoms with Gasteiger partial charge in [-0.15, -0.1) is 0 Å². The highest BCUT2D eigenvalue weighted by Gasteiger charge is 2.14. The minimum atomic E-state index is -0.770. The zero-order chi connectivity index (χ0) is 17.8. The first kappa shape index (κ1) is 17.5. The molecular formula is C19H18BrNO4. The Morgan fingerprint density at radius 2 is 1.92 bits per heavy atom. The van der Waals surface area contributed by atoms with Crippen LogP contribution in [0.2, 0.25) is 0 Å². The predicted octanol–water partition coefficient (Wildman–Crippen LogP) is 3.72. The van der Waals surface area contributed by atoms with Crippen LogP contribution in [-0.4, -0.2) is 24.4 Å². The van der Waals surface area contributed by atoms with E-state index in [1.54, 1.807) is 13.0 Å². The van der Waals surface area contributed by atoms with Gasteiger partial charge < -0.3 is 19.6 Å². The standard InChI is InChI=1S/C19H18BrNO4/c1-12-16-4-2-3-5-17(16)25-19(23)18(12)24-11-15(22)10-21-14-8-6-13(20)7-9-14/h2-9,15,21-22H,10-11H2,1H3. The minimum Gasteiger partial charge on any atom is -0.484 e. The fourth-order valence-electron chi connectivity index (χ4n) is 2.50. The number of aliphatic hydroxyl groups is 1. The number of nitrogens with one attached hydrogen (secondary N) is 1. The fraction of sp³-hybridized carbons (Fsp3) is 0.211. The maximum atomic E-state index is 12.1. The second-order valence-corrected chi connectivity index (χ2v) is 6.61. The maximum absolute atomic E-state index is 12.1. The van der Waals surface area contributed by atoms with E-state index in [0.29, 0.717) is 17.7 Å². The third-order valence-corrected chi connectivity index (χ3v) is 4.35. The smallest absolute Gasteiger partial charge is 0.379 e. The number of benzene rings is 2. The fourth-order valence-corrected chi connectivity index (χ4v) is 2.76. The summed E-state index contributed by atoms with van der Waals surface area (Å²) in [5, 5.41) is 14.0. The van der Waals surface area contributed by atoms with Crippen LogP contribution >= 0.6 is 15.9 Å². The van der Waals surface area contributed by atoms with Crippen LogP contribution in [0.25, 0.3) is 11.0 Å². The van der Waals surface area contributed by atoms with Crippen LogP contribution in [0, 0.1) is 6.92 Å². The molecule has 6 heteroatoms. The van der Waals surface area contributed by atoms with Gasteiger partial charge in [0.1, 0.15) is 18.3 Å². The van der Waals surface area contributed by atoms with E-state index in [2.05, 4.69) is 21.2 Å². The van der Waals surface area contributed by atoms with E-state index in [4.69, 9.17) is 9.15 Å². The van der Waals surface area contributed by atoms with Gasteiger partial charge in [-0.1, -0.05) is 34.1 Å². The Bertz CT molecular complexity index is 921. The van der Waals surface area contributed by atoms with Crippen molar-refractivity contribution >= 4 is 32.6 Å². The second-order valence-electron chi connectivity index (χ2n) is 5.69. The van der Waals surface area contributed by atoms with Crippen molar-refractivity contribution in [1.82, 2.24) is 0 Å². The first-order chi connectivity index (χ1) is 12.0. The van der Waals surface area contributed by atoms with Gasteiger partial charge in [-0.05, 0) is 37.3 Å². The Morgan fingerprint density at radius 1 is 1.20 bits per heavy atom. The Kier molecular flexibility index (Phi) is 5.40. The van der Waals surface area contributed by atoms with Gasteiger partial charge in [0.15, 0.2) is 0 Å². The highest BCUT2D eigenvalue weighted by molar-refractivity contribution is 9.10. The normalized spacial score (nSPS) is 12.1. The number of hydrogen-bond acceptors (Lipinski definition) is 5. The number of rotatable bonds is 6. The molecule has 0 aliphatic rings. The molecule has 1 atom stereocenters. The molecule has 2 N–H and O–H groups in total. The molecule has 0 spiro atoms. The van der Waals surface area contributed by atoms with Crippen LogP contribution in [0.4, 0.5) is 5.69 Å². The van der Waals surface area contributed by atoms with Gasteiger partial charge in [0.05, 0.1) is 0 Å². The lowest BCUT2D eigenvalue weighted by molar-refractivity contribution is 0.115. The number of anilines is 1. The quantitative estimate of drug-likeness (QED) is 0.613. The number of aliphatic hydroxyl groups excluding tert-OH is 1. The van der Waals surface area contributed by atoms with E-state index >= 15 is 0 Å². The molecule has 2 aromatic carbocycles. The lowest BCUT2D eigenvalue weighted by Crippen LogP contribution is -2.27. The molecule has 0 radical (unpaired) electrons. The SMILES string of the molecule is Cc1c(OCC(O)CNc2ccc(Br)cc2)c(=O)oc2ccccc12. The summed E-state index contributed by atoms with van der Waals surface area (Å²) in [6, 6.07) is 14.9. The van der Waals surface area contributed by atoms with Crippen molar-refractivity contribution in [3.05, 3.63) is 69.0 Å². The topological polar surface area (TPSA) is 71.7 Å². The largest absolute Gasteiger partial charge is 0.484 e. The van der Waals surface area contributed by atoms with Gasteiger partial charge >= 0.3 is 5.63 Å². The molecule has 0 saturated heterocycles. The molecule has 0 fully saturated rings. The molecule has 130 valence electrons. The Morgan fingerprint density at radius 3 is 2.68 bits per heavy atom. The molecule has 0 aliphatic carbocycles. The van der Waals surface area contributed by atoms with Crippen LogP contribution in [0.1, 0.15) is 5.56 Å². The minimum absolute atomic E-state index is 0.00648. The van der Waals surface area contributed by atoms with E-state index in [1.165, 1.54) is 0 Å². The summed E-state index contributed by atoms with van der Waals surface area (Å²) in [6.45, 7) is 2.11. The molecule has 5 nitrogen and oxygen atoms in total. The summed E-state index contributed by atoms with van der Waals surface area (Å²) in [7, 11) is 0. The summed E-state index contributed by atoms with van der Waals surface area (Å²) < 4.78 is 11.8. The molecular weight excluding hydrogens is 386 g/mol. The number of fused-ring (bicyclic) bond motifs is 1. The summed E-state index contributed by atoms with van der Waals surface area (Å²) in [6.07, 6.45) is -0.770. The van der Waals surface area contributed by atoms with Crippen LogP contribution in [0.3, 0.4) is 0 Å². The summed E-state index contributed by atoms with van der Waals surface area (Å²) >= 11 is 3.37. The maximum Gasteiger partial charge on any atom is 0.379 e. The molecule has 0 bridgehead atoms. The third-order valence-electron chi connectivity index (χ3n) is 3.83. The van der Waals surface area contributed by atoms with Gasteiger partial charge in [-0.25, -0.2) is 4.79 Å². The third kappa shape index (κ3) is 4.21. The lowest BCUT2D eigenvalue weighted by Gasteiger charge is -2.15. The van der Waals surface area contributed by atoms with Crippen LogP contribution in [-0.2, 0) is 0 Å². The van der Waals surface area contributed by atoms with E-state index in [1.807, 2.05) is 42.5 Å². The molecule has 1 aromatic heterocycles. The number of aryl methyl sites for hydroxylation is 1. The molecule has 0 aliphatic heterocycles. The average Bonchev–Trinajstić information content (AvgIpc) is 2.61. The van der Waals surface area contributed by atoms with Crippen molar-refractivity contribution in [2.24, 2.45) is 0 Å². The van der Waals surface area contributed by atoms with Gasteiger partial charge in [0.25, 0.3) is 0 Å².